The standard InChI is InChI=1S/C12H16BrNO4/c1-17-11-7(9(14)5-6-10(15)16)3-4-8(13)12(11)18-2/h3-4,9H,5-6,14H2,1-2H3,(H,15,16). The van der Waals surface area contributed by atoms with Crippen molar-refractivity contribution in [1.29, 1.82) is 0 Å². The second-order valence-electron chi connectivity index (χ2n) is 3.74. The number of hydrogen-bond donors (Lipinski definition) is 2. The number of methoxy groups -OCH3 is 2. The monoisotopic (exact) mass is 317 g/mol. The van der Waals surface area contributed by atoms with E-state index in [-0.39, 0.29) is 6.42 Å². The molecule has 0 aliphatic heterocycles. The third-order valence-corrected chi connectivity index (χ3v) is 3.20. The van der Waals surface area contributed by atoms with Crippen LogP contribution in [0.5, 0.6) is 11.5 Å². The first-order valence-corrected chi connectivity index (χ1v) is 6.18. The van der Waals surface area contributed by atoms with Gasteiger partial charge in [-0.2, -0.15) is 0 Å². The minimum atomic E-state index is -0.867. The van der Waals surface area contributed by atoms with Crippen LogP contribution in [0.3, 0.4) is 0 Å². The van der Waals surface area contributed by atoms with Crippen LogP contribution >= 0.6 is 15.9 Å². The summed E-state index contributed by atoms with van der Waals surface area (Å²) in [6.45, 7) is 0. The maximum Gasteiger partial charge on any atom is 0.303 e. The zero-order valence-electron chi connectivity index (χ0n) is 10.3. The zero-order chi connectivity index (χ0) is 13.7. The van der Waals surface area contributed by atoms with Gasteiger partial charge in [-0.3, -0.25) is 4.79 Å². The Hall–Kier alpha value is -1.27. The molecule has 0 amide bonds. The molecule has 0 aromatic heterocycles. The van der Waals surface area contributed by atoms with Gasteiger partial charge in [0.1, 0.15) is 0 Å². The molecule has 1 atom stereocenters. The number of hydrogen-bond acceptors (Lipinski definition) is 4. The molecule has 0 fully saturated rings. The molecular weight excluding hydrogens is 302 g/mol. The molecule has 0 spiro atoms. The van der Waals surface area contributed by atoms with Gasteiger partial charge in [0.15, 0.2) is 11.5 Å². The first-order chi connectivity index (χ1) is 8.51. The minimum absolute atomic E-state index is 0.0166. The maximum absolute atomic E-state index is 10.5. The fraction of sp³-hybridized carbons (Fsp3) is 0.417. The summed E-state index contributed by atoms with van der Waals surface area (Å²) in [5, 5.41) is 8.66. The molecule has 100 valence electrons. The van der Waals surface area contributed by atoms with E-state index >= 15 is 0 Å². The van der Waals surface area contributed by atoms with Crippen molar-refractivity contribution in [2.24, 2.45) is 5.73 Å². The van der Waals surface area contributed by atoms with Gasteiger partial charge in [0.2, 0.25) is 0 Å². The summed E-state index contributed by atoms with van der Waals surface area (Å²) in [5.74, 6) is 0.221. The Balaban J connectivity index is 3.04. The van der Waals surface area contributed by atoms with Crippen LogP contribution in [0.1, 0.15) is 24.4 Å². The van der Waals surface area contributed by atoms with Gasteiger partial charge in [0, 0.05) is 18.0 Å². The molecule has 1 rings (SSSR count). The van der Waals surface area contributed by atoms with Crippen molar-refractivity contribution in [3.8, 4) is 11.5 Å². The van der Waals surface area contributed by atoms with Crippen LogP contribution in [0.25, 0.3) is 0 Å². The summed E-state index contributed by atoms with van der Waals surface area (Å²) >= 11 is 3.35. The predicted molar refractivity (Wildman–Crippen MR) is 71.0 cm³/mol. The highest BCUT2D eigenvalue weighted by atomic mass is 79.9. The average Bonchev–Trinajstić information content (AvgIpc) is 2.35. The van der Waals surface area contributed by atoms with Crippen LogP contribution in [0.4, 0.5) is 0 Å². The van der Waals surface area contributed by atoms with Gasteiger partial charge in [-0.1, -0.05) is 6.07 Å². The summed E-state index contributed by atoms with van der Waals surface area (Å²) < 4.78 is 11.3. The fourth-order valence-electron chi connectivity index (χ4n) is 1.68. The molecule has 0 aliphatic rings. The number of nitrogens with two attached hydrogens (primary N) is 1. The van der Waals surface area contributed by atoms with Gasteiger partial charge in [-0.25, -0.2) is 0 Å². The SMILES string of the molecule is COc1c(Br)ccc(C(N)CCC(=O)O)c1OC. The van der Waals surface area contributed by atoms with Gasteiger partial charge in [0.05, 0.1) is 18.7 Å². The van der Waals surface area contributed by atoms with Crippen LogP contribution in [0, 0.1) is 0 Å². The summed E-state index contributed by atoms with van der Waals surface area (Å²) in [6, 6.07) is 3.20. The van der Waals surface area contributed by atoms with Crippen LogP contribution < -0.4 is 15.2 Å². The second kappa shape index (κ2) is 6.61. The van der Waals surface area contributed by atoms with E-state index in [4.69, 9.17) is 20.3 Å². The third kappa shape index (κ3) is 3.36. The summed E-state index contributed by atoms with van der Waals surface area (Å²) in [7, 11) is 3.06. The number of rotatable bonds is 6. The number of carboxylic acid groups (broad SMARTS) is 1. The lowest BCUT2D eigenvalue weighted by Gasteiger charge is -2.18. The number of carbonyl (C=O) groups is 1. The van der Waals surface area contributed by atoms with E-state index in [1.54, 1.807) is 12.1 Å². The molecule has 0 aliphatic carbocycles. The Bertz CT molecular complexity index is 436. The molecule has 0 radical (unpaired) electrons. The van der Waals surface area contributed by atoms with E-state index in [1.165, 1.54) is 14.2 Å². The van der Waals surface area contributed by atoms with Crippen molar-refractivity contribution in [2.45, 2.75) is 18.9 Å². The molecule has 0 heterocycles. The molecule has 0 saturated carbocycles. The Labute approximate surface area is 114 Å². The Morgan fingerprint density at radius 3 is 2.50 bits per heavy atom. The van der Waals surface area contributed by atoms with Crippen LogP contribution in [0.15, 0.2) is 16.6 Å². The molecule has 6 heteroatoms. The largest absolute Gasteiger partial charge is 0.492 e. The van der Waals surface area contributed by atoms with E-state index in [2.05, 4.69) is 15.9 Å². The van der Waals surface area contributed by atoms with Gasteiger partial charge >= 0.3 is 5.97 Å². The molecular formula is C12H16BrNO4. The van der Waals surface area contributed by atoms with Crippen molar-refractivity contribution < 1.29 is 19.4 Å². The highest BCUT2D eigenvalue weighted by Crippen LogP contribution is 2.40. The normalized spacial score (nSPS) is 12.0. The van der Waals surface area contributed by atoms with Crippen molar-refractivity contribution >= 4 is 21.9 Å². The van der Waals surface area contributed by atoms with E-state index in [0.29, 0.717) is 17.9 Å². The average molecular weight is 318 g/mol. The molecule has 3 N–H and O–H groups in total. The lowest BCUT2D eigenvalue weighted by molar-refractivity contribution is -0.137. The Kier molecular flexibility index (Phi) is 5.43. The van der Waals surface area contributed by atoms with Crippen LogP contribution in [0.2, 0.25) is 0 Å². The Morgan fingerprint density at radius 1 is 1.39 bits per heavy atom. The molecule has 5 nitrogen and oxygen atoms in total. The number of aliphatic carboxylic acids is 1. The van der Waals surface area contributed by atoms with Crippen molar-refractivity contribution in [3.63, 3.8) is 0 Å². The number of halogens is 1. The van der Waals surface area contributed by atoms with Gasteiger partial charge in [0.25, 0.3) is 0 Å². The highest BCUT2D eigenvalue weighted by molar-refractivity contribution is 9.10. The summed E-state index contributed by atoms with van der Waals surface area (Å²) in [5.41, 5.74) is 6.71. The van der Waals surface area contributed by atoms with E-state index in [0.717, 1.165) is 10.0 Å². The molecule has 1 aromatic carbocycles. The molecule has 1 aromatic rings. The first kappa shape index (κ1) is 14.8. The summed E-state index contributed by atoms with van der Waals surface area (Å²) in [6.07, 6.45) is 0.360. The second-order valence-corrected chi connectivity index (χ2v) is 4.60. The summed E-state index contributed by atoms with van der Waals surface area (Å²) in [4.78, 5) is 10.5. The number of carboxylic acids is 1. The van der Waals surface area contributed by atoms with Crippen molar-refractivity contribution in [2.75, 3.05) is 14.2 Å². The first-order valence-electron chi connectivity index (χ1n) is 5.39. The fourth-order valence-corrected chi connectivity index (χ4v) is 2.16. The molecule has 18 heavy (non-hydrogen) atoms. The molecule has 0 saturated heterocycles. The van der Waals surface area contributed by atoms with Crippen molar-refractivity contribution in [3.05, 3.63) is 22.2 Å². The zero-order valence-corrected chi connectivity index (χ0v) is 11.9. The smallest absolute Gasteiger partial charge is 0.303 e. The predicted octanol–water partition coefficient (Wildman–Crippen LogP) is 2.33. The van der Waals surface area contributed by atoms with E-state index in [9.17, 15) is 4.79 Å². The van der Waals surface area contributed by atoms with Gasteiger partial charge in [-0.15, -0.1) is 0 Å². The van der Waals surface area contributed by atoms with Crippen LogP contribution in [-0.2, 0) is 4.79 Å². The lowest BCUT2D eigenvalue weighted by atomic mass is 10.0. The number of benzene rings is 1. The van der Waals surface area contributed by atoms with E-state index in [1.807, 2.05) is 0 Å². The molecule has 0 bridgehead atoms. The Morgan fingerprint density at radius 2 is 2.00 bits per heavy atom. The topological polar surface area (TPSA) is 81.8 Å². The molecule has 1 unspecified atom stereocenters. The van der Waals surface area contributed by atoms with Crippen LogP contribution in [-0.4, -0.2) is 25.3 Å². The third-order valence-electron chi connectivity index (χ3n) is 2.57. The quantitative estimate of drug-likeness (QED) is 0.841. The van der Waals surface area contributed by atoms with Gasteiger partial charge in [-0.05, 0) is 28.4 Å². The lowest BCUT2D eigenvalue weighted by Crippen LogP contribution is -2.14. The highest BCUT2D eigenvalue weighted by Gasteiger charge is 2.19. The van der Waals surface area contributed by atoms with E-state index < -0.39 is 12.0 Å². The maximum atomic E-state index is 10.5. The minimum Gasteiger partial charge on any atom is -0.492 e. The van der Waals surface area contributed by atoms with Gasteiger partial charge < -0.3 is 20.3 Å². The van der Waals surface area contributed by atoms with Crippen molar-refractivity contribution in [1.82, 2.24) is 0 Å². The number of ether oxygens (including phenoxy) is 2.